The predicted molar refractivity (Wildman–Crippen MR) is 99.5 cm³/mol. The first-order valence-electron chi connectivity index (χ1n) is 8.74. The third-order valence-electron chi connectivity index (χ3n) is 4.84. The fraction of sp³-hybridized carbons (Fsp3) is 0.368. The summed E-state index contributed by atoms with van der Waals surface area (Å²) in [5.74, 6) is 2.04. The van der Waals surface area contributed by atoms with E-state index in [0.717, 1.165) is 41.1 Å². The van der Waals surface area contributed by atoms with Gasteiger partial charge in [0.2, 0.25) is 5.91 Å². The van der Waals surface area contributed by atoms with Crippen LogP contribution in [0.15, 0.2) is 28.8 Å². The van der Waals surface area contributed by atoms with Gasteiger partial charge >= 0.3 is 0 Å². The molecule has 0 aliphatic carbocycles. The summed E-state index contributed by atoms with van der Waals surface area (Å²) in [6.45, 7) is 5.14. The fourth-order valence-electron chi connectivity index (χ4n) is 3.34. The average molecular weight is 351 g/mol. The van der Waals surface area contributed by atoms with Crippen molar-refractivity contribution in [2.24, 2.45) is 0 Å². The lowest BCUT2D eigenvalue weighted by atomic mass is 10.1. The van der Waals surface area contributed by atoms with E-state index < -0.39 is 0 Å². The second kappa shape index (κ2) is 6.40. The summed E-state index contributed by atoms with van der Waals surface area (Å²) >= 11 is 0. The molecule has 2 aromatic heterocycles. The topological polar surface area (TPSA) is 75.4 Å². The van der Waals surface area contributed by atoms with Gasteiger partial charge in [0.15, 0.2) is 11.6 Å². The van der Waals surface area contributed by atoms with E-state index in [1.165, 1.54) is 0 Å². The van der Waals surface area contributed by atoms with Crippen LogP contribution in [0.2, 0.25) is 0 Å². The molecule has 0 saturated heterocycles. The number of para-hydroxylation sites is 2. The number of fused-ring (bicyclic) bond motifs is 2. The number of benzene rings is 1. The Morgan fingerprint density at radius 1 is 1.12 bits per heavy atom. The van der Waals surface area contributed by atoms with Crippen LogP contribution in [0.25, 0.3) is 11.0 Å². The molecule has 3 aromatic rings. The van der Waals surface area contributed by atoms with E-state index in [2.05, 4.69) is 10.1 Å². The van der Waals surface area contributed by atoms with E-state index in [9.17, 15) is 4.79 Å². The van der Waals surface area contributed by atoms with Crippen molar-refractivity contribution in [2.45, 2.75) is 26.7 Å². The van der Waals surface area contributed by atoms with Gasteiger partial charge in [0.25, 0.3) is 0 Å². The Morgan fingerprint density at radius 2 is 1.81 bits per heavy atom. The highest BCUT2D eigenvalue weighted by molar-refractivity contribution is 5.98. The van der Waals surface area contributed by atoms with Gasteiger partial charge in [0, 0.05) is 25.7 Å². The van der Waals surface area contributed by atoms with Crippen LogP contribution in [0.4, 0.5) is 11.6 Å². The van der Waals surface area contributed by atoms with E-state index >= 15 is 0 Å². The molecule has 0 spiro atoms. The Kier molecular flexibility index (Phi) is 4.06. The van der Waals surface area contributed by atoms with E-state index in [1.54, 1.807) is 4.90 Å². The summed E-state index contributed by atoms with van der Waals surface area (Å²) in [5, 5.41) is 3.95. The monoisotopic (exact) mass is 351 g/mol. The molecule has 1 amide bonds. The lowest BCUT2D eigenvalue weighted by molar-refractivity contribution is -0.118. The van der Waals surface area contributed by atoms with E-state index in [1.807, 2.05) is 45.2 Å². The summed E-state index contributed by atoms with van der Waals surface area (Å²) in [6.07, 6.45) is 1.11. The molecule has 7 nitrogen and oxygen atoms in total. The molecule has 1 aliphatic heterocycles. The van der Waals surface area contributed by atoms with Crippen LogP contribution in [0.3, 0.4) is 0 Å². The van der Waals surface area contributed by atoms with Crippen molar-refractivity contribution in [3.8, 4) is 0 Å². The molecule has 0 N–H and O–H groups in total. The maximum Gasteiger partial charge on any atom is 0.232 e. The second-order valence-corrected chi connectivity index (χ2v) is 6.66. The van der Waals surface area contributed by atoms with Gasteiger partial charge in [-0.25, -0.2) is 9.97 Å². The minimum atomic E-state index is -0.0134. The van der Waals surface area contributed by atoms with Crippen LogP contribution in [0.1, 0.15) is 23.4 Å². The van der Waals surface area contributed by atoms with Crippen molar-refractivity contribution >= 4 is 28.6 Å². The van der Waals surface area contributed by atoms with Gasteiger partial charge in [0.1, 0.15) is 5.76 Å². The summed E-state index contributed by atoms with van der Waals surface area (Å²) in [4.78, 5) is 26.4. The summed E-state index contributed by atoms with van der Waals surface area (Å²) in [7, 11) is 1.99. The third-order valence-corrected chi connectivity index (χ3v) is 4.84. The number of aromatic nitrogens is 3. The molecule has 0 atom stereocenters. The number of nitrogens with zero attached hydrogens (tertiary/aromatic N) is 5. The maximum atomic E-state index is 13.1. The highest BCUT2D eigenvalue weighted by atomic mass is 16.5. The number of aryl methyl sites for hydroxylation is 2. The third kappa shape index (κ3) is 2.79. The van der Waals surface area contributed by atoms with Crippen molar-refractivity contribution < 1.29 is 9.32 Å². The first kappa shape index (κ1) is 16.5. The van der Waals surface area contributed by atoms with E-state index in [4.69, 9.17) is 14.5 Å². The fourth-order valence-corrected chi connectivity index (χ4v) is 3.34. The zero-order chi connectivity index (χ0) is 18.3. The highest BCUT2D eigenvalue weighted by Crippen LogP contribution is 2.30. The predicted octanol–water partition coefficient (Wildman–Crippen LogP) is 2.65. The number of hydrogen-bond donors (Lipinski definition) is 0. The maximum absolute atomic E-state index is 13.1. The van der Waals surface area contributed by atoms with Crippen molar-refractivity contribution in [2.75, 3.05) is 29.9 Å². The number of rotatable bonds is 2. The van der Waals surface area contributed by atoms with Crippen LogP contribution in [-0.2, 0) is 11.2 Å². The Morgan fingerprint density at radius 3 is 2.46 bits per heavy atom. The molecule has 4 rings (SSSR count). The molecule has 1 aromatic carbocycles. The van der Waals surface area contributed by atoms with Gasteiger partial charge in [-0.2, -0.15) is 0 Å². The summed E-state index contributed by atoms with van der Waals surface area (Å²) in [5.41, 5.74) is 3.23. The van der Waals surface area contributed by atoms with Crippen LogP contribution in [0, 0.1) is 13.8 Å². The van der Waals surface area contributed by atoms with Gasteiger partial charge in [-0.3, -0.25) is 9.69 Å². The van der Waals surface area contributed by atoms with Crippen LogP contribution < -0.4 is 9.80 Å². The van der Waals surface area contributed by atoms with Crippen molar-refractivity contribution in [3.05, 3.63) is 41.3 Å². The van der Waals surface area contributed by atoms with Gasteiger partial charge in [-0.05, 0) is 32.4 Å². The standard InChI is InChI=1S/C19H21N5O2/c1-12-14(13(2)26-22-12)11-17(25)24-10-6-9-23(3)18-19(24)21-16-8-5-4-7-15(16)20-18/h4-5,7-8H,6,9-11H2,1-3H3. The molecule has 0 radical (unpaired) electrons. The highest BCUT2D eigenvalue weighted by Gasteiger charge is 2.28. The quantitative estimate of drug-likeness (QED) is 0.706. The van der Waals surface area contributed by atoms with Crippen LogP contribution >= 0.6 is 0 Å². The lowest BCUT2D eigenvalue weighted by Gasteiger charge is -2.22. The van der Waals surface area contributed by atoms with Crippen LogP contribution in [0.5, 0.6) is 0 Å². The van der Waals surface area contributed by atoms with Crippen molar-refractivity contribution in [3.63, 3.8) is 0 Å². The van der Waals surface area contributed by atoms with E-state index in [0.29, 0.717) is 18.1 Å². The molecule has 0 unspecified atom stereocenters. The number of anilines is 2. The van der Waals surface area contributed by atoms with Gasteiger partial charge in [0.05, 0.1) is 23.1 Å². The molecule has 0 bridgehead atoms. The number of carbonyl (C=O) groups is 1. The van der Waals surface area contributed by atoms with Gasteiger partial charge in [-0.15, -0.1) is 0 Å². The Hall–Kier alpha value is -2.96. The zero-order valence-corrected chi connectivity index (χ0v) is 15.2. The second-order valence-electron chi connectivity index (χ2n) is 6.66. The minimum Gasteiger partial charge on any atom is -0.361 e. The number of hydrogen-bond acceptors (Lipinski definition) is 6. The molecule has 26 heavy (non-hydrogen) atoms. The smallest absolute Gasteiger partial charge is 0.232 e. The lowest BCUT2D eigenvalue weighted by Crippen LogP contribution is -2.34. The molecule has 3 heterocycles. The molecule has 1 aliphatic rings. The van der Waals surface area contributed by atoms with E-state index in [-0.39, 0.29) is 12.3 Å². The molecule has 7 heteroatoms. The van der Waals surface area contributed by atoms with Crippen LogP contribution in [-0.4, -0.2) is 41.2 Å². The molecular weight excluding hydrogens is 330 g/mol. The molecule has 0 fully saturated rings. The van der Waals surface area contributed by atoms with Crippen molar-refractivity contribution in [1.82, 2.24) is 15.1 Å². The number of carbonyl (C=O) groups excluding carboxylic acids is 1. The van der Waals surface area contributed by atoms with Gasteiger partial charge in [-0.1, -0.05) is 17.3 Å². The normalized spacial score (nSPS) is 14.4. The molecule has 134 valence electrons. The first-order chi connectivity index (χ1) is 12.5. The average Bonchev–Trinajstić information content (AvgIpc) is 2.86. The Balaban J connectivity index is 1.76. The zero-order valence-electron chi connectivity index (χ0n) is 15.2. The Bertz CT molecular complexity index is 962. The summed E-state index contributed by atoms with van der Waals surface area (Å²) in [6, 6.07) is 7.74. The minimum absolute atomic E-state index is 0.0134. The largest absolute Gasteiger partial charge is 0.361 e. The summed E-state index contributed by atoms with van der Waals surface area (Å²) < 4.78 is 5.20. The molecule has 0 saturated carbocycles. The molecular formula is C19H21N5O2. The Labute approximate surface area is 151 Å². The number of amides is 1. The van der Waals surface area contributed by atoms with Crippen molar-refractivity contribution in [1.29, 1.82) is 0 Å². The first-order valence-corrected chi connectivity index (χ1v) is 8.74. The van der Waals surface area contributed by atoms with Gasteiger partial charge < -0.3 is 9.42 Å². The SMILES string of the molecule is Cc1noc(C)c1CC(=O)N1CCCN(C)c2nc3ccccc3nc21.